The fourth-order valence-corrected chi connectivity index (χ4v) is 2.49. The maximum atomic E-state index is 5.49. The minimum atomic E-state index is 0.329. The predicted molar refractivity (Wildman–Crippen MR) is 85.5 cm³/mol. The van der Waals surface area contributed by atoms with Crippen molar-refractivity contribution in [3.63, 3.8) is 0 Å². The molecule has 20 heavy (non-hydrogen) atoms. The average molecular weight is 297 g/mol. The molecule has 114 valence electrons. The Bertz CT molecular complexity index is 387. The van der Waals surface area contributed by atoms with Crippen LogP contribution in [0.15, 0.2) is 5.16 Å². The van der Waals surface area contributed by atoms with Crippen LogP contribution >= 0.6 is 11.8 Å². The van der Waals surface area contributed by atoms with Crippen molar-refractivity contribution in [3.8, 4) is 0 Å². The van der Waals surface area contributed by atoms with Gasteiger partial charge in [0.05, 0.1) is 6.10 Å². The lowest BCUT2D eigenvalue weighted by atomic mass is 10.2. The highest BCUT2D eigenvalue weighted by molar-refractivity contribution is 7.99. The van der Waals surface area contributed by atoms with Gasteiger partial charge in [0.15, 0.2) is 5.16 Å². The molecule has 1 N–H and O–H groups in total. The summed E-state index contributed by atoms with van der Waals surface area (Å²) in [6.45, 7) is 13.1. The zero-order valence-corrected chi connectivity index (χ0v) is 14.1. The fourth-order valence-electron chi connectivity index (χ4n) is 1.66. The fraction of sp³-hybridized carbons (Fsp3) is 0.733. The number of nitrogens with one attached hydrogen (secondary N) is 1. The van der Waals surface area contributed by atoms with Crippen molar-refractivity contribution in [2.75, 3.05) is 25.4 Å². The Labute approximate surface area is 127 Å². The molecule has 0 saturated carbocycles. The third-order valence-corrected chi connectivity index (χ3v) is 3.92. The molecule has 0 aliphatic heterocycles. The van der Waals surface area contributed by atoms with Crippen molar-refractivity contribution in [1.82, 2.24) is 15.3 Å². The maximum absolute atomic E-state index is 5.49. The normalized spacial score (nSPS) is 11.3. The summed E-state index contributed by atoms with van der Waals surface area (Å²) in [5.41, 5.74) is 3.36. The average Bonchev–Trinajstić information content (AvgIpc) is 2.38. The summed E-state index contributed by atoms with van der Waals surface area (Å²) in [6, 6.07) is 0. The first-order valence-corrected chi connectivity index (χ1v) is 8.26. The summed E-state index contributed by atoms with van der Waals surface area (Å²) in [7, 11) is 0. The second kappa shape index (κ2) is 9.32. The van der Waals surface area contributed by atoms with E-state index in [0.29, 0.717) is 6.10 Å². The van der Waals surface area contributed by atoms with Gasteiger partial charge < -0.3 is 10.1 Å². The Balaban J connectivity index is 2.13. The molecule has 0 atom stereocenters. The van der Waals surface area contributed by atoms with Crippen molar-refractivity contribution < 1.29 is 4.74 Å². The van der Waals surface area contributed by atoms with Crippen LogP contribution in [0.5, 0.6) is 0 Å². The molecule has 1 heterocycles. The Morgan fingerprint density at radius 2 is 1.75 bits per heavy atom. The van der Waals surface area contributed by atoms with E-state index in [1.165, 1.54) is 5.56 Å². The SMILES string of the molecule is Cc1nc(SCCNCCCOC(C)C)nc(C)c1C. The maximum Gasteiger partial charge on any atom is 0.188 e. The lowest BCUT2D eigenvalue weighted by Crippen LogP contribution is -2.20. The Hall–Kier alpha value is -0.650. The molecule has 0 amide bonds. The van der Waals surface area contributed by atoms with Gasteiger partial charge >= 0.3 is 0 Å². The number of hydrogen-bond acceptors (Lipinski definition) is 5. The van der Waals surface area contributed by atoms with E-state index in [4.69, 9.17) is 4.74 Å². The van der Waals surface area contributed by atoms with Crippen molar-refractivity contribution >= 4 is 11.8 Å². The molecule has 0 fully saturated rings. The van der Waals surface area contributed by atoms with E-state index < -0.39 is 0 Å². The van der Waals surface area contributed by atoms with E-state index >= 15 is 0 Å². The van der Waals surface area contributed by atoms with Gasteiger partial charge in [0.2, 0.25) is 0 Å². The molecule has 4 nitrogen and oxygen atoms in total. The number of nitrogens with zero attached hydrogens (tertiary/aromatic N) is 2. The third-order valence-electron chi connectivity index (χ3n) is 3.07. The minimum absolute atomic E-state index is 0.329. The van der Waals surface area contributed by atoms with Crippen molar-refractivity contribution in [2.24, 2.45) is 0 Å². The lowest BCUT2D eigenvalue weighted by Gasteiger charge is -2.08. The Kier molecular flexibility index (Phi) is 8.11. The van der Waals surface area contributed by atoms with E-state index in [9.17, 15) is 0 Å². The molecule has 0 unspecified atom stereocenters. The summed E-state index contributed by atoms with van der Waals surface area (Å²) in [4.78, 5) is 9.01. The minimum Gasteiger partial charge on any atom is -0.379 e. The summed E-state index contributed by atoms with van der Waals surface area (Å²) in [5.74, 6) is 0.993. The highest BCUT2D eigenvalue weighted by atomic mass is 32.2. The van der Waals surface area contributed by atoms with Gasteiger partial charge in [-0.3, -0.25) is 0 Å². The lowest BCUT2D eigenvalue weighted by molar-refractivity contribution is 0.0772. The van der Waals surface area contributed by atoms with Crippen LogP contribution in [0, 0.1) is 20.8 Å². The standard InChI is InChI=1S/C15H27N3OS/c1-11(2)19-9-6-7-16-8-10-20-15-17-13(4)12(3)14(5)18-15/h11,16H,6-10H2,1-5H3. The largest absolute Gasteiger partial charge is 0.379 e. The second-order valence-corrected chi connectivity index (χ2v) is 6.24. The van der Waals surface area contributed by atoms with Crippen LogP contribution in [-0.2, 0) is 4.74 Å². The molecule has 0 saturated heterocycles. The van der Waals surface area contributed by atoms with Crippen LogP contribution in [0.1, 0.15) is 37.2 Å². The van der Waals surface area contributed by atoms with Crippen molar-refractivity contribution in [2.45, 2.75) is 52.3 Å². The summed E-state index contributed by atoms with van der Waals surface area (Å²) < 4.78 is 5.49. The van der Waals surface area contributed by atoms with Gasteiger partial charge in [0.25, 0.3) is 0 Å². The number of hydrogen-bond donors (Lipinski definition) is 1. The molecular formula is C15H27N3OS. The van der Waals surface area contributed by atoms with E-state index in [1.54, 1.807) is 11.8 Å². The summed E-state index contributed by atoms with van der Waals surface area (Å²) in [6.07, 6.45) is 1.39. The highest BCUT2D eigenvalue weighted by Gasteiger charge is 2.04. The third kappa shape index (κ3) is 6.68. The molecule has 0 aliphatic carbocycles. The first-order valence-electron chi connectivity index (χ1n) is 7.27. The number of thioether (sulfide) groups is 1. The van der Waals surface area contributed by atoms with Gasteiger partial charge in [-0.2, -0.15) is 0 Å². The summed E-state index contributed by atoms with van der Waals surface area (Å²) >= 11 is 1.71. The molecule has 0 aliphatic rings. The van der Waals surface area contributed by atoms with Gasteiger partial charge in [-0.25, -0.2) is 9.97 Å². The van der Waals surface area contributed by atoms with Gasteiger partial charge in [0.1, 0.15) is 0 Å². The van der Waals surface area contributed by atoms with Gasteiger partial charge in [-0.05, 0) is 53.1 Å². The van der Waals surface area contributed by atoms with Crippen LogP contribution in [0.4, 0.5) is 0 Å². The quantitative estimate of drug-likeness (QED) is 0.431. The van der Waals surface area contributed by atoms with E-state index in [-0.39, 0.29) is 0 Å². The molecular weight excluding hydrogens is 270 g/mol. The molecule has 1 aromatic heterocycles. The first kappa shape index (κ1) is 17.4. The highest BCUT2D eigenvalue weighted by Crippen LogP contribution is 2.16. The molecule has 0 aromatic carbocycles. The van der Waals surface area contributed by atoms with Gasteiger partial charge in [0, 0.05) is 30.3 Å². The Morgan fingerprint density at radius 1 is 1.10 bits per heavy atom. The topological polar surface area (TPSA) is 47.0 Å². The number of aryl methyl sites for hydroxylation is 2. The van der Waals surface area contributed by atoms with Crippen LogP contribution in [-0.4, -0.2) is 41.5 Å². The van der Waals surface area contributed by atoms with Gasteiger partial charge in [-0.1, -0.05) is 11.8 Å². The summed E-state index contributed by atoms with van der Waals surface area (Å²) in [5, 5.41) is 4.30. The van der Waals surface area contributed by atoms with Crippen molar-refractivity contribution in [1.29, 1.82) is 0 Å². The van der Waals surface area contributed by atoms with Gasteiger partial charge in [-0.15, -0.1) is 0 Å². The molecule has 1 rings (SSSR count). The zero-order chi connectivity index (χ0) is 15.0. The van der Waals surface area contributed by atoms with Crippen LogP contribution in [0.3, 0.4) is 0 Å². The van der Waals surface area contributed by atoms with Crippen LogP contribution in [0.25, 0.3) is 0 Å². The van der Waals surface area contributed by atoms with Crippen molar-refractivity contribution in [3.05, 3.63) is 17.0 Å². The zero-order valence-electron chi connectivity index (χ0n) is 13.3. The van der Waals surface area contributed by atoms with Crippen LogP contribution in [0.2, 0.25) is 0 Å². The van der Waals surface area contributed by atoms with E-state index in [1.807, 2.05) is 13.8 Å². The number of ether oxygens (including phenoxy) is 1. The predicted octanol–water partition coefficient (Wildman–Crippen LogP) is 2.90. The molecule has 0 bridgehead atoms. The smallest absolute Gasteiger partial charge is 0.188 e. The number of aromatic nitrogens is 2. The monoisotopic (exact) mass is 297 g/mol. The second-order valence-electron chi connectivity index (χ2n) is 5.17. The molecule has 0 radical (unpaired) electrons. The molecule has 5 heteroatoms. The van der Waals surface area contributed by atoms with E-state index in [2.05, 4.69) is 36.1 Å². The number of rotatable bonds is 9. The molecule has 0 spiro atoms. The first-order chi connectivity index (χ1) is 9.50. The van der Waals surface area contributed by atoms with Crippen LogP contribution < -0.4 is 5.32 Å². The Morgan fingerprint density at radius 3 is 2.35 bits per heavy atom. The van der Waals surface area contributed by atoms with E-state index in [0.717, 1.165) is 48.4 Å². The molecule has 1 aromatic rings.